The Kier molecular flexibility index (Phi) is 6.57. The predicted molar refractivity (Wildman–Crippen MR) is 109 cm³/mol. The topological polar surface area (TPSA) is 63.2 Å². The average Bonchev–Trinajstić information content (AvgIpc) is 2.72. The van der Waals surface area contributed by atoms with E-state index in [0.29, 0.717) is 11.6 Å². The monoisotopic (exact) mass is 399 g/mol. The Labute approximate surface area is 167 Å². The summed E-state index contributed by atoms with van der Waals surface area (Å²) in [6, 6.07) is 18.6. The molecule has 0 saturated carbocycles. The van der Waals surface area contributed by atoms with Crippen LogP contribution in [0.1, 0.15) is 5.69 Å². The Hall–Kier alpha value is -2.70. The fourth-order valence-electron chi connectivity index (χ4n) is 2.44. The molecular weight excluding hydrogens is 382 g/mol. The van der Waals surface area contributed by atoms with Crippen LogP contribution >= 0.6 is 23.5 Å². The lowest BCUT2D eigenvalue weighted by atomic mass is 10.0. The van der Waals surface area contributed by atoms with E-state index in [9.17, 15) is 4.79 Å². The molecule has 0 saturated heterocycles. The van der Waals surface area contributed by atoms with E-state index < -0.39 is 0 Å². The third-order valence-corrected chi connectivity index (χ3v) is 5.10. The van der Waals surface area contributed by atoms with Crippen molar-refractivity contribution in [2.45, 2.75) is 11.4 Å². The van der Waals surface area contributed by atoms with E-state index in [-0.39, 0.29) is 6.03 Å². The lowest BCUT2D eigenvalue weighted by molar-refractivity contribution is 0.246. The van der Waals surface area contributed by atoms with E-state index >= 15 is 0 Å². The first-order valence-electron chi connectivity index (χ1n) is 8.21. The number of nitrogens with one attached hydrogen (secondary N) is 2. The molecule has 3 rings (SSSR count). The number of benzene rings is 2. The first kappa shape index (κ1) is 19.1. The van der Waals surface area contributed by atoms with Gasteiger partial charge in [-0.25, -0.2) is 4.79 Å². The van der Waals surface area contributed by atoms with E-state index in [1.165, 1.54) is 11.9 Å². The number of aromatic nitrogens is 1. The number of hydrogen-bond acceptors (Lipinski definition) is 4. The molecule has 3 aromatic rings. The Balaban J connectivity index is 1.62. The third kappa shape index (κ3) is 5.15. The molecule has 0 atom stereocenters. The molecule has 27 heavy (non-hydrogen) atoms. The maximum atomic E-state index is 12.1. The van der Waals surface area contributed by atoms with Crippen molar-refractivity contribution in [2.75, 3.05) is 7.11 Å². The number of hydrogen-bond donors (Lipinski definition) is 2. The molecule has 5 nitrogen and oxygen atoms in total. The zero-order valence-electron chi connectivity index (χ0n) is 14.6. The van der Waals surface area contributed by atoms with Crippen molar-refractivity contribution < 1.29 is 9.53 Å². The number of rotatable bonds is 6. The fraction of sp³-hybridized carbons (Fsp3) is 0.100. The molecule has 138 valence electrons. The predicted octanol–water partition coefficient (Wildman–Crippen LogP) is 4.92. The molecule has 0 bridgehead atoms. The molecule has 2 N–H and O–H groups in total. The second kappa shape index (κ2) is 9.30. The van der Waals surface area contributed by atoms with Gasteiger partial charge in [0.1, 0.15) is 5.75 Å². The van der Waals surface area contributed by atoms with Crippen LogP contribution in [-0.4, -0.2) is 18.1 Å². The molecule has 0 spiro atoms. The van der Waals surface area contributed by atoms with Gasteiger partial charge < -0.3 is 10.1 Å². The second-order valence-corrected chi connectivity index (χ2v) is 6.80. The number of ether oxygens (including phenoxy) is 1. The van der Waals surface area contributed by atoms with Gasteiger partial charge in [0.15, 0.2) is 0 Å². The Morgan fingerprint density at radius 3 is 2.63 bits per heavy atom. The second-order valence-electron chi connectivity index (χ2n) is 5.54. The minimum atomic E-state index is -0.314. The molecule has 2 aromatic carbocycles. The zero-order valence-corrected chi connectivity index (χ0v) is 16.2. The summed E-state index contributed by atoms with van der Waals surface area (Å²) in [4.78, 5) is 17.3. The van der Waals surface area contributed by atoms with Crippen LogP contribution in [0.2, 0.25) is 5.02 Å². The summed E-state index contributed by atoms with van der Waals surface area (Å²) in [7, 11) is 1.63. The minimum absolute atomic E-state index is 0.303. The van der Waals surface area contributed by atoms with Crippen LogP contribution in [0.15, 0.2) is 71.8 Å². The fourth-order valence-corrected chi connectivity index (χ4v) is 3.28. The minimum Gasteiger partial charge on any atom is -0.497 e. The molecule has 0 aliphatic rings. The van der Waals surface area contributed by atoms with Crippen LogP contribution in [0.4, 0.5) is 4.79 Å². The van der Waals surface area contributed by atoms with Gasteiger partial charge in [0.25, 0.3) is 0 Å². The summed E-state index contributed by atoms with van der Waals surface area (Å²) in [6.45, 7) is 0.303. The molecule has 2 amide bonds. The quantitative estimate of drug-likeness (QED) is 0.577. The standard InChI is InChI=1S/C20H18ClN3O2S/c1-26-15-10-8-14(9-11-15)16-5-4-12-22-18(16)13-23-20(25)24-27-19-7-3-2-6-17(19)21/h2-12H,13H2,1H3,(H2,23,24,25). The number of methoxy groups -OCH3 is 1. The number of halogens is 1. The first-order valence-corrected chi connectivity index (χ1v) is 9.40. The van der Waals surface area contributed by atoms with E-state index in [0.717, 1.165) is 27.5 Å². The average molecular weight is 400 g/mol. The first-order chi connectivity index (χ1) is 13.2. The van der Waals surface area contributed by atoms with E-state index in [1.54, 1.807) is 19.4 Å². The van der Waals surface area contributed by atoms with Crippen molar-refractivity contribution in [3.8, 4) is 16.9 Å². The van der Waals surface area contributed by atoms with Crippen molar-refractivity contribution >= 4 is 29.6 Å². The van der Waals surface area contributed by atoms with Crippen LogP contribution in [0.5, 0.6) is 5.75 Å². The van der Waals surface area contributed by atoms with Gasteiger partial charge in [-0.2, -0.15) is 0 Å². The Bertz CT molecular complexity index is 919. The van der Waals surface area contributed by atoms with Gasteiger partial charge in [-0.05, 0) is 47.8 Å². The number of carbonyl (C=O) groups excluding carboxylic acids is 1. The van der Waals surface area contributed by atoms with Gasteiger partial charge in [-0.1, -0.05) is 41.9 Å². The van der Waals surface area contributed by atoms with Crippen molar-refractivity contribution in [3.63, 3.8) is 0 Å². The van der Waals surface area contributed by atoms with Crippen LogP contribution in [-0.2, 0) is 6.54 Å². The summed E-state index contributed by atoms with van der Waals surface area (Å²) in [5.74, 6) is 0.790. The summed E-state index contributed by atoms with van der Waals surface area (Å²) in [6.07, 6.45) is 1.71. The molecule has 0 unspecified atom stereocenters. The highest BCUT2D eigenvalue weighted by atomic mass is 35.5. The van der Waals surface area contributed by atoms with Gasteiger partial charge in [0, 0.05) is 16.7 Å². The Morgan fingerprint density at radius 1 is 1.11 bits per heavy atom. The van der Waals surface area contributed by atoms with Crippen LogP contribution in [0.25, 0.3) is 11.1 Å². The maximum absolute atomic E-state index is 12.1. The van der Waals surface area contributed by atoms with E-state index in [2.05, 4.69) is 15.0 Å². The number of pyridine rings is 1. The molecule has 0 fully saturated rings. The summed E-state index contributed by atoms with van der Waals surface area (Å²) in [5.41, 5.74) is 2.74. The molecule has 0 radical (unpaired) electrons. The van der Waals surface area contributed by atoms with Gasteiger partial charge >= 0.3 is 6.03 Å². The van der Waals surface area contributed by atoms with Crippen LogP contribution < -0.4 is 14.8 Å². The molecule has 0 aliphatic carbocycles. The van der Waals surface area contributed by atoms with E-state index in [4.69, 9.17) is 16.3 Å². The van der Waals surface area contributed by atoms with Gasteiger partial charge in [-0.15, -0.1) is 0 Å². The highest BCUT2D eigenvalue weighted by molar-refractivity contribution is 7.98. The normalized spacial score (nSPS) is 10.3. The van der Waals surface area contributed by atoms with Gasteiger partial charge in [-0.3, -0.25) is 9.71 Å². The summed E-state index contributed by atoms with van der Waals surface area (Å²) < 4.78 is 7.92. The van der Waals surface area contributed by atoms with Crippen molar-refractivity contribution in [3.05, 3.63) is 77.6 Å². The van der Waals surface area contributed by atoms with Crippen LogP contribution in [0.3, 0.4) is 0 Å². The third-order valence-electron chi connectivity index (χ3n) is 3.80. The largest absolute Gasteiger partial charge is 0.497 e. The lowest BCUT2D eigenvalue weighted by Crippen LogP contribution is -2.31. The number of carbonyl (C=O) groups is 1. The smallest absolute Gasteiger partial charge is 0.325 e. The molecular formula is C20H18ClN3O2S. The highest BCUT2D eigenvalue weighted by Crippen LogP contribution is 2.25. The van der Waals surface area contributed by atoms with Crippen molar-refractivity contribution in [2.24, 2.45) is 0 Å². The molecule has 1 aromatic heterocycles. The van der Waals surface area contributed by atoms with Crippen LogP contribution in [0, 0.1) is 0 Å². The van der Waals surface area contributed by atoms with Crippen molar-refractivity contribution in [1.82, 2.24) is 15.0 Å². The van der Waals surface area contributed by atoms with E-state index in [1.807, 2.05) is 54.6 Å². The zero-order chi connectivity index (χ0) is 19.1. The Morgan fingerprint density at radius 2 is 1.89 bits per heavy atom. The summed E-state index contributed by atoms with van der Waals surface area (Å²) in [5, 5.41) is 3.41. The SMILES string of the molecule is COc1ccc(-c2cccnc2CNC(=O)NSc2ccccc2Cl)cc1. The number of urea groups is 1. The maximum Gasteiger partial charge on any atom is 0.325 e. The van der Waals surface area contributed by atoms with Gasteiger partial charge in [0.2, 0.25) is 0 Å². The number of amides is 2. The molecule has 7 heteroatoms. The van der Waals surface area contributed by atoms with Gasteiger partial charge in [0.05, 0.1) is 24.4 Å². The van der Waals surface area contributed by atoms with Crippen molar-refractivity contribution in [1.29, 1.82) is 0 Å². The number of nitrogens with zero attached hydrogens (tertiary/aromatic N) is 1. The lowest BCUT2D eigenvalue weighted by Gasteiger charge is -2.11. The highest BCUT2D eigenvalue weighted by Gasteiger charge is 2.09. The summed E-state index contributed by atoms with van der Waals surface area (Å²) >= 11 is 7.25. The molecule has 1 heterocycles. The molecule has 0 aliphatic heterocycles.